The lowest BCUT2D eigenvalue weighted by Crippen LogP contribution is -2.42. The van der Waals surface area contributed by atoms with E-state index in [1.807, 2.05) is 0 Å². The molecule has 3 heteroatoms. The molecular formula is C14H29N3. The molecular weight excluding hydrogens is 210 g/mol. The number of likely N-dealkylation sites (tertiary alicyclic amines) is 2. The van der Waals surface area contributed by atoms with E-state index in [0.717, 1.165) is 5.92 Å². The Morgan fingerprint density at radius 1 is 0.882 bits per heavy atom. The van der Waals surface area contributed by atoms with Gasteiger partial charge in [-0.15, -0.1) is 0 Å². The summed E-state index contributed by atoms with van der Waals surface area (Å²) in [6, 6.07) is 0. The molecule has 1 N–H and O–H groups in total. The van der Waals surface area contributed by atoms with Gasteiger partial charge in [-0.25, -0.2) is 0 Å². The summed E-state index contributed by atoms with van der Waals surface area (Å²) in [7, 11) is 2.07. The molecule has 0 aromatic carbocycles. The van der Waals surface area contributed by atoms with E-state index in [-0.39, 0.29) is 0 Å². The molecule has 17 heavy (non-hydrogen) atoms. The molecule has 0 unspecified atom stereocenters. The van der Waals surface area contributed by atoms with Gasteiger partial charge in [0.15, 0.2) is 0 Å². The van der Waals surface area contributed by atoms with Crippen molar-refractivity contribution in [1.82, 2.24) is 15.1 Å². The van der Waals surface area contributed by atoms with Crippen molar-refractivity contribution in [3.8, 4) is 0 Å². The molecule has 0 saturated carbocycles. The van der Waals surface area contributed by atoms with Crippen LogP contribution in [0.15, 0.2) is 0 Å². The maximum Gasteiger partial charge on any atom is 0.0109 e. The maximum atomic E-state index is 3.31. The van der Waals surface area contributed by atoms with Crippen LogP contribution in [0, 0.1) is 5.92 Å². The Morgan fingerprint density at radius 2 is 1.47 bits per heavy atom. The highest BCUT2D eigenvalue weighted by molar-refractivity contribution is 4.75. The Balaban J connectivity index is 1.57. The third-order valence-corrected chi connectivity index (χ3v) is 4.38. The smallest absolute Gasteiger partial charge is 0.0109 e. The fourth-order valence-corrected chi connectivity index (χ4v) is 3.17. The molecule has 2 heterocycles. The Kier molecular flexibility index (Phi) is 5.75. The van der Waals surface area contributed by atoms with Gasteiger partial charge in [-0.1, -0.05) is 6.42 Å². The fourth-order valence-electron chi connectivity index (χ4n) is 3.17. The Morgan fingerprint density at radius 3 is 2.06 bits per heavy atom. The van der Waals surface area contributed by atoms with Gasteiger partial charge in [-0.2, -0.15) is 0 Å². The first-order valence-corrected chi connectivity index (χ1v) is 7.48. The van der Waals surface area contributed by atoms with Crippen LogP contribution in [0.4, 0.5) is 0 Å². The summed E-state index contributed by atoms with van der Waals surface area (Å²) in [6.07, 6.45) is 7.07. The highest BCUT2D eigenvalue weighted by Crippen LogP contribution is 2.16. The molecule has 2 aliphatic heterocycles. The standard InChI is InChI=1S/C14H29N3/c1-15-13-14-5-9-17(10-6-14)12-11-16-7-3-2-4-8-16/h14-15H,2-13H2,1H3. The van der Waals surface area contributed by atoms with E-state index in [4.69, 9.17) is 0 Å². The Hall–Kier alpha value is -0.120. The van der Waals surface area contributed by atoms with Crippen molar-refractivity contribution >= 4 is 0 Å². The summed E-state index contributed by atoms with van der Waals surface area (Å²) < 4.78 is 0. The van der Waals surface area contributed by atoms with Gasteiger partial charge in [0.25, 0.3) is 0 Å². The van der Waals surface area contributed by atoms with Gasteiger partial charge in [0, 0.05) is 13.1 Å². The SMILES string of the molecule is CNCC1CCN(CCN2CCCCC2)CC1. The van der Waals surface area contributed by atoms with Gasteiger partial charge in [0.2, 0.25) is 0 Å². The lowest BCUT2D eigenvalue weighted by Gasteiger charge is -2.34. The average Bonchev–Trinajstić information content (AvgIpc) is 2.40. The molecule has 100 valence electrons. The maximum absolute atomic E-state index is 3.31. The van der Waals surface area contributed by atoms with E-state index < -0.39 is 0 Å². The van der Waals surface area contributed by atoms with E-state index in [2.05, 4.69) is 22.2 Å². The second-order valence-electron chi connectivity index (χ2n) is 5.74. The van der Waals surface area contributed by atoms with Crippen molar-refractivity contribution in [3.05, 3.63) is 0 Å². The van der Waals surface area contributed by atoms with Crippen molar-refractivity contribution in [3.63, 3.8) is 0 Å². The normalized spacial score (nSPS) is 25.2. The number of nitrogens with one attached hydrogen (secondary N) is 1. The lowest BCUT2D eigenvalue weighted by atomic mass is 9.97. The first kappa shape index (κ1) is 13.3. The van der Waals surface area contributed by atoms with E-state index in [9.17, 15) is 0 Å². The third-order valence-electron chi connectivity index (χ3n) is 4.38. The minimum atomic E-state index is 0.922. The highest BCUT2D eigenvalue weighted by Gasteiger charge is 2.19. The summed E-state index contributed by atoms with van der Waals surface area (Å²) in [5.74, 6) is 0.922. The van der Waals surface area contributed by atoms with Crippen molar-refractivity contribution in [2.45, 2.75) is 32.1 Å². The van der Waals surface area contributed by atoms with Crippen molar-refractivity contribution in [2.24, 2.45) is 5.92 Å². The van der Waals surface area contributed by atoms with Crippen LogP contribution >= 0.6 is 0 Å². The van der Waals surface area contributed by atoms with Crippen LogP contribution in [0.3, 0.4) is 0 Å². The fraction of sp³-hybridized carbons (Fsp3) is 1.00. The van der Waals surface area contributed by atoms with Crippen LogP contribution < -0.4 is 5.32 Å². The van der Waals surface area contributed by atoms with Crippen LogP contribution in [0.5, 0.6) is 0 Å². The lowest BCUT2D eigenvalue weighted by molar-refractivity contribution is 0.145. The first-order chi connectivity index (χ1) is 8.38. The second-order valence-corrected chi connectivity index (χ2v) is 5.74. The van der Waals surface area contributed by atoms with E-state index in [1.165, 1.54) is 77.9 Å². The van der Waals surface area contributed by atoms with Crippen molar-refractivity contribution in [2.75, 3.05) is 52.9 Å². The molecule has 0 atom stereocenters. The molecule has 0 aliphatic carbocycles. The topological polar surface area (TPSA) is 18.5 Å². The van der Waals surface area contributed by atoms with Gasteiger partial charge in [0.1, 0.15) is 0 Å². The Labute approximate surface area is 107 Å². The number of hydrogen-bond acceptors (Lipinski definition) is 3. The zero-order chi connectivity index (χ0) is 11.9. The summed E-state index contributed by atoms with van der Waals surface area (Å²) in [5, 5.41) is 3.31. The summed E-state index contributed by atoms with van der Waals surface area (Å²) in [4.78, 5) is 5.32. The minimum Gasteiger partial charge on any atom is -0.319 e. The van der Waals surface area contributed by atoms with Gasteiger partial charge in [0.05, 0.1) is 0 Å². The Bertz CT molecular complexity index is 194. The third kappa shape index (κ3) is 4.57. The van der Waals surface area contributed by atoms with Crippen LogP contribution in [-0.2, 0) is 0 Å². The molecule has 3 nitrogen and oxygen atoms in total. The predicted octanol–water partition coefficient (Wildman–Crippen LogP) is 1.40. The summed E-state index contributed by atoms with van der Waals surface area (Å²) in [5.41, 5.74) is 0. The molecule has 0 amide bonds. The van der Waals surface area contributed by atoms with Gasteiger partial charge >= 0.3 is 0 Å². The molecule has 0 aromatic heterocycles. The summed E-state index contributed by atoms with van der Waals surface area (Å²) in [6.45, 7) is 9.13. The molecule has 0 radical (unpaired) electrons. The molecule has 2 aliphatic rings. The van der Waals surface area contributed by atoms with E-state index in [0.29, 0.717) is 0 Å². The molecule has 0 aromatic rings. The molecule has 2 rings (SSSR count). The minimum absolute atomic E-state index is 0.922. The van der Waals surface area contributed by atoms with E-state index in [1.54, 1.807) is 0 Å². The molecule has 2 saturated heterocycles. The number of rotatable bonds is 5. The number of nitrogens with zero attached hydrogens (tertiary/aromatic N) is 2. The summed E-state index contributed by atoms with van der Waals surface area (Å²) >= 11 is 0. The average molecular weight is 239 g/mol. The molecule has 2 fully saturated rings. The van der Waals surface area contributed by atoms with Crippen LogP contribution in [0.2, 0.25) is 0 Å². The zero-order valence-electron chi connectivity index (χ0n) is 11.5. The highest BCUT2D eigenvalue weighted by atomic mass is 15.2. The number of piperidine rings is 2. The quantitative estimate of drug-likeness (QED) is 0.782. The van der Waals surface area contributed by atoms with Crippen molar-refractivity contribution < 1.29 is 0 Å². The van der Waals surface area contributed by atoms with Gasteiger partial charge in [-0.05, 0) is 71.4 Å². The van der Waals surface area contributed by atoms with Gasteiger partial charge in [-0.3, -0.25) is 0 Å². The van der Waals surface area contributed by atoms with Crippen LogP contribution in [0.1, 0.15) is 32.1 Å². The molecule has 0 bridgehead atoms. The van der Waals surface area contributed by atoms with Crippen LogP contribution in [-0.4, -0.2) is 62.7 Å². The van der Waals surface area contributed by atoms with Crippen molar-refractivity contribution in [1.29, 1.82) is 0 Å². The van der Waals surface area contributed by atoms with E-state index >= 15 is 0 Å². The molecule has 0 spiro atoms. The monoisotopic (exact) mass is 239 g/mol. The second kappa shape index (κ2) is 7.34. The first-order valence-electron chi connectivity index (χ1n) is 7.48. The predicted molar refractivity (Wildman–Crippen MR) is 73.4 cm³/mol. The van der Waals surface area contributed by atoms with Crippen LogP contribution in [0.25, 0.3) is 0 Å². The largest absolute Gasteiger partial charge is 0.319 e. The number of hydrogen-bond donors (Lipinski definition) is 1. The van der Waals surface area contributed by atoms with Gasteiger partial charge < -0.3 is 15.1 Å². The zero-order valence-corrected chi connectivity index (χ0v) is 11.5.